The van der Waals surface area contributed by atoms with Crippen LogP contribution in [0.3, 0.4) is 0 Å². The molecule has 1 atom stereocenters. The summed E-state index contributed by atoms with van der Waals surface area (Å²) in [4.78, 5) is 43.0. The first-order valence-corrected chi connectivity index (χ1v) is 9.83. The van der Waals surface area contributed by atoms with Crippen molar-refractivity contribution in [3.63, 3.8) is 0 Å². The van der Waals surface area contributed by atoms with Gasteiger partial charge in [-0.25, -0.2) is 4.98 Å². The van der Waals surface area contributed by atoms with Crippen LogP contribution in [0.15, 0.2) is 48.7 Å². The van der Waals surface area contributed by atoms with Crippen molar-refractivity contribution in [3.05, 3.63) is 59.9 Å². The number of benzene rings is 1. The van der Waals surface area contributed by atoms with E-state index in [4.69, 9.17) is 0 Å². The zero-order chi connectivity index (χ0) is 21.1. The molecule has 4 rings (SSSR count). The SMILES string of the molecule is CC(=O)Nc1cc(-c2[nH]c3c(c2Nc2ccccc2)C(=O)CC(CC=O)C3)ccn1. The van der Waals surface area contributed by atoms with Gasteiger partial charge in [-0.3, -0.25) is 9.59 Å². The molecule has 0 saturated carbocycles. The zero-order valence-corrected chi connectivity index (χ0v) is 16.6. The molecule has 1 aromatic carbocycles. The van der Waals surface area contributed by atoms with Crippen LogP contribution in [-0.4, -0.2) is 27.9 Å². The molecule has 7 heteroatoms. The molecule has 152 valence electrons. The Bertz CT molecular complexity index is 1100. The second-order valence-corrected chi connectivity index (χ2v) is 7.43. The van der Waals surface area contributed by atoms with E-state index in [1.807, 2.05) is 36.4 Å². The molecule has 1 aliphatic carbocycles. The van der Waals surface area contributed by atoms with Gasteiger partial charge in [-0.1, -0.05) is 18.2 Å². The number of nitrogens with one attached hydrogen (secondary N) is 3. The van der Waals surface area contributed by atoms with E-state index in [0.717, 1.165) is 28.9 Å². The van der Waals surface area contributed by atoms with Crippen LogP contribution < -0.4 is 10.6 Å². The largest absolute Gasteiger partial charge is 0.356 e. The van der Waals surface area contributed by atoms with E-state index in [1.54, 1.807) is 12.3 Å². The fourth-order valence-corrected chi connectivity index (χ4v) is 3.88. The Kier molecular flexibility index (Phi) is 5.43. The number of Topliss-reactive ketones (excluding diaryl/α,β-unsaturated/α-hetero) is 1. The van der Waals surface area contributed by atoms with Gasteiger partial charge in [0.05, 0.1) is 16.9 Å². The van der Waals surface area contributed by atoms with Crippen molar-refractivity contribution >= 4 is 35.2 Å². The summed E-state index contributed by atoms with van der Waals surface area (Å²) in [5.41, 5.74) is 4.56. The molecule has 1 unspecified atom stereocenters. The molecule has 0 bridgehead atoms. The maximum atomic E-state index is 13.0. The number of carbonyl (C=O) groups excluding carboxylic acids is 3. The van der Waals surface area contributed by atoms with Gasteiger partial charge in [0.25, 0.3) is 0 Å². The van der Waals surface area contributed by atoms with E-state index < -0.39 is 0 Å². The van der Waals surface area contributed by atoms with Gasteiger partial charge in [-0.05, 0) is 36.6 Å². The summed E-state index contributed by atoms with van der Waals surface area (Å²) in [6.45, 7) is 1.43. The van der Waals surface area contributed by atoms with Crippen molar-refractivity contribution in [3.8, 4) is 11.3 Å². The van der Waals surface area contributed by atoms with Gasteiger partial charge in [-0.15, -0.1) is 0 Å². The minimum Gasteiger partial charge on any atom is -0.356 e. The first-order chi connectivity index (χ1) is 14.5. The van der Waals surface area contributed by atoms with Crippen LogP contribution in [0.1, 0.15) is 35.8 Å². The van der Waals surface area contributed by atoms with E-state index in [-0.39, 0.29) is 17.6 Å². The third-order valence-corrected chi connectivity index (χ3v) is 5.15. The molecular weight excluding hydrogens is 380 g/mol. The summed E-state index contributed by atoms with van der Waals surface area (Å²) in [6.07, 6.45) is 3.83. The number of para-hydroxylation sites is 1. The van der Waals surface area contributed by atoms with Gasteiger partial charge in [0.15, 0.2) is 5.78 Å². The Morgan fingerprint density at radius 2 is 2.03 bits per heavy atom. The Morgan fingerprint density at radius 3 is 2.77 bits per heavy atom. The molecule has 2 heterocycles. The number of rotatable bonds is 6. The number of hydrogen-bond donors (Lipinski definition) is 3. The number of amides is 1. The van der Waals surface area contributed by atoms with Gasteiger partial charge in [-0.2, -0.15) is 0 Å². The Morgan fingerprint density at radius 1 is 1.23 bits per heavy atom. The highest BCUT2D eigenvalue weighted by Crippen LogP contribution is 2.40. The fourth-order valence-electron chi connectivity index (χ4n) is 3.88. The van der Waals surface area contributed by atoms with E-state index in [1.165, 1.54) is 6.92 Å². The number of H-pyrrole nitrogens is 1. The smallest absolute Gasteiger partial charge is 0.222 e. The summed E-state index contributed by atoms with van der Waals surface area (Å²) in [6, 6.07) is 13.2. The Hall–Kier alpha value is -3.74. The lowest BCUT2D eigenvalue weighted by molar-refractivity contribution is -0.114. The van der Waals surface area contributed by atoms with Gasteiger partial charge in [0, 0.05) is 42.9 Å². The second kappa shape index (κ2) is 8.32. The average Bonchev–Trinajstić information content (AvgIpc) is 3.07. The third-order valence-electron chi connectivity index (χ3n) is 5.15. The number of hydrogen-bond acceptors (Lipinski definition) is 5. The Labute approximate surface area is 173 Å². The standard InChI is InChI=1S/C23H22N4O3/c1-14(29)25-20-13-16(7-9-24-20)22-23(26-17-5-3-2-4-6-17)21-18(27-22)11-15(8-10-28)12-19(21)30/h2-7,9-10,13,15,26-27H,8,11-12H2,1H3,(H,24,25,29). The maximum absolute atomic E-state index is 13.0. The molecule has 30 heavy (non-hydrogen) atoms. The number of aromatic amines is 1. The van der Waals surface area contributed by atoms with Gasteiger partial charge >= 0.3 is 0 Å². The number of anilines is 3. The fraction of sp³-hybridized carbons (Fsp3) is 0.217. The Balaban J connectivity index is 1.82. The van der Waals surface area contributed by atoms with Crippen molar-refractivity contribution in [2.24, 2.45) is 5.92 Å². The van der Waals surface area contributed by atoms with Crippen LogP contribution in [0.4, 0.5) is 17.2 Å². The summed E-state index contributed by atoms with van der Waals surface area (Å²) in [5.74, 6) is 0.245. The van der Waals surface area contributed by atoms with Crippen LogP contribution >= 0.6 is 0 Å². The molecule has 0 aliphatic heterocycles. The van der Waals surface area contributed by atoms with E-state index in [2.05, 4.69) is 20.6 Å². The summed E-state index contributed by atoms with van der Waals surface area (Å²) in [7, 11) is 0. The zero-order valence-electron chi connectivity index (χ0n) is 16.6. The molecule has 7 nitrogen and oxygen atoms in total. The molecule has 0 fully saturated rings. The highest BCUT2D eigenvalue weighted by molar-refractivity contribution is 6.07. The topological polar surface area (TPSA) is 104 Å². The summed E-state index contributed by atoms with van der Waals surface area (Å²) >= 11 is 0. The highest BCUT2D eigenvalue weighted by atomic mass is 16.1. The number of aromatic nitrogens is 2. The van der Waals surface area contributed by atoms with Crippen molar-refractivity contribution in [1.29, 1.82) is 0 Å². The van der Waals surface area contributed by atoms with Crippen LogP contribution in [0, 0.1) is 5.92 Å². The number of nitrogens with zero attached hydrogens (tertiary/aromatic N) is 1. The lowest BCUT2D eigenvalue weighted by atomic mass is 9.84. The predicted octanol–water partition coefficient (Wildman–Crippen LogP) is 4.11. The van der Waals surface area contributed by atoms with Crippen LogP contribution in [-0.2, 0) is 16.0 Å². The minimum absolute atomic E-state index is 0.00551. The van der Waals surface area contributed by atoms with Crippen molar-refractivity contribution in [2.45, 2.75) is 26.2 Å². The van der Waals surface area contributed by atoms with Crippen LogP contribution in [0.25, 0.3) is 11.3 Å². The van der Waals surface area contributed by atoms with Crippen molar-refractivity contribution in [2.75, 3.05) is 10.6 Å². The molecule has 3 aromatic rings. The van der Waals surface area contributed by atoms with E-state index >= 15 is 0 Å². The quantitative estimate of drug-likeness (QED) is 0.538. The number of ketones is 1. The van der Waals surface area contributed by atoms with E-state index in [9.17, 15) is 14.4 Å². The molecule has 2 aromatic heterocycles. The number of carbonyl (C=O) groups is 3. The predicted molar refractivity (Wildman–Crippen MR) is 115 cm³/mol. The monoisotopic (exact) mass is 402 g/mol. The molecule has 1 amide bonds. The number of pyridine rings is 1. The molecular formula is C23H22N4O3. The summed E-state index contributed by atoms with van der Waals surface area (Å²) in [5, 5.41) is 6.08. The van der Waals surface area contributed by atoms with E-state index in [0.29, 0.717) is 36.3 Å². The highest BCUT2D eigenvalue weighted by Gasteiger charge is 2.31. The maximum Gasteiger partial charge on any atom is 0.222 e. The second-order valence-electron chi connectivity index (χ2n) is 7.43. The number of fused-ring (bicyclic) bond motifs is 1. The molecule has 0 radical (unpaired) electrons. The van der Waals surface area contributed by atoms with Crippen molar-refractivity contribution < 1.29 is 14.4 Å². The first kappa shape index (κ1) is 19.6. The molecule has 0 saturated heterocycles. The van der Waals surface area contributed by atoms with Crippen molar-refractivity contribution in [1.82, 2.24) is 9.97 Å². The first-order valence-electron chi connectivity index (χ1n) is 9.83. The molecule has 0 spiro atoms. The number of aldehydes is 1. The molecule has 3 N–H and O–H groups in total. The minimum atomic E-state index is -0.208. The molecule has 1 aliphatic rings. The van der Waals surface area contributed by atoms with Gasteiger partial charge in [0.1, 0.15) is 12.1 Å². The lowest BCUT2D eigenvalue weighted by Gasteiger charge is -2.20. The van der Waals surface area contributed by atoms with Crippen LogP contribution in [0.2, 0.25) is 0 Å². The average molecular weight is 402 g/mol. The lowest BCUT2D eigenvalue weighted by Crippen LogP contribution is -2.20. The van der Waals surface area contributed by atoms with Gasteiger partial charge in [0.2, 0.25) is 5.91 Å². The van der Waals surface area contributed by atoms with Gasteiger partial charge < -0.3 is 20.4 Å². The normalized spacial score (nSPS) is 15.4. The summed E-state index contributed by atoms with van der Waals surface area (Å²) < 4.78 is 0. The van der Waals surface area contributed by atoms with Crippen LogP contribution in [0.5, 0.6) is 0 Å². The third kappa shape index (κ3) is 4.00.